The second-order valence-corrected chi connectivity index (χ2v) is 5.54. The summed E-state index contributed by atoms with van der Waals surface area (Å²) in [5.74, 6) is -0.126. The summed E-state index contributed by atoms with van der Waals surface area (Å²) < 4.78 is 0. The molecule has 2 rings (SSSR count). The SMILES string of the molecule is N#Cc1ccsc1NC(=O)CN1CCCCC1CO. The number of aliphatic hydroxyl groups is 1. The van der Waals surface area contributed by atoms with Crippen molar-refractivity contribution in [2.45, 2.75) is 25.3 Å². The number of aliphatic hydroxyl groups excluding tert-OH is 1. The summed E-state index contributed by atoms with van der Waals surface area (Å²) in [6, 6.07) is 3.82. The van der Waals surface area contributed by atoms with Crippen LogP contribution in [0.25, 0.3) is 0 Å². The maximum Gasteiger partial charge on any atom is 0.239 e. The van der Waals surface area contributed by atoms with Crippen LogP contribution in [0.5, 0.6) is 0 Å². The first-order valence-corrected chi connectivity index (χ1v) is 7.25. The predicted octanol–water partition coefficient (Wildman–Crippen LogP) is 1.41. The van der Waals surface area contributed by atoms with Gasteiger partial charge in [-0.1, -0.05) is 6.42 Å². The summed E-state index contributed by atoms with van der Waals surface area (Å²) in [6.07, 6.45) is 3.10. The molecule has 0 bridgehead atoms. The van der Waals surface area contributed by atoms with Crippen LogP contribution in [0.2, 0.25) is 0 Å². The third-order valence-corrected chi connectivity index (χ3v) is 4.17. The van der Waals surface area contributed by atoms with Crippen molar-refractivity contribution in [3.63, 3.8) is 0 Å². The molecule has 0 aliphatic carbocycles. The second kappa shape index (κ2) is 6.66. The Morgan fingerprint density at radius 1 is 1.63 bits per heavy atom. The molecule has 1 aliphatic heterocycles. The van der Waals surface area contributed by atoms with Crippen molar-refractivity contribution in [2.24, 2.45) is 0 Å². The summed E-state index contributed by atoms with van der Waals surface area (Å²) in [5, 5.41) is 23.3. The number of likely N-dealkylation sites (tertiary alicyclic amines) is 1. The highest BCUT2D eigenvalue weighted by atomic mass is 32.1. The van der Waals surface area contributed by atoms with E-state index in [4.69, 9.17) is 5.26 Å². The van der Waals surface area contributed by atoms with E-state index in [0.29, 0.717) is 10.6 Å². The van der Waals surface area contributed by atoms with Crippen LogP contribution < -0.4 is 5.32 Å². The van der Waals surface area contributed by atoms with Gasteiger partial charge in [0.1, 0.15) is 11.1 Å². The average Bonchev–Trinajstić information content (AvgIpc) is 2.86. The predicted molar refractivity (Wildman–Crippen MR) is 74.0 cm³/mol. The Morgan fingerprint density at radius 2 is 2.47 bits per heavy atom. The van der Waals surface area contributed by atoms with Gasteiger partial charge in [-0.3, -0.25) is 9.69 Å². The fourth-order valence-corrected chi connectivity index (χ4v) is 3.07. The minimum Gasteiger partial charge on any atom is -0.395 e. The first kappa shape index (κ1) is 14.0. The second-order valence-electron chi connectivity index (χ2n) is 4.63. The van der Waals surface area contributed by atoms with E-state index in [2.05, 4.69) is 5.32 Å². The monoisotopic (exact) mass is 279 g/mol. The zero-order valence-electron chi connectivity index (χ0n) is 10.6. The highest BCUT2D eigenvalue weighted by Gasteiger charge is 2.23. The first-order valence-electron chi connectivity index (χ1n) is 6.37. The third-order valence-electron chi connectivity index (χ3n) is 3.35. The summed E-state index contributed by atoms with van der Waals surface area (Å²) in [6.45, 7) is 1.21. The normalized spacial score (nSPS) is 19.9. The molecule has 0 aromatic carbocycles. The number of rotatable bonds is 4. The number of piperidine rings is 1. The molecule has 2 N–H and O–H groups in total. The fourth-order valence-electron chi connectivity index (χ4n) is 2.32. The van der Waals surface area contributed by atoms with E-state index >= 15 is 0 Å². The molecule has 1 aromatic heterocycles. The van der Waals surface area contributed by atoms with Gasteiger partial charge in [-0.2, -0.15) is 5.26 Å². The van der Waals surface area contributed by atoms with Gasteiger partial charge in [0.25, 0.3) is 0 Å². The van der Waals surface area contributed by atoms with Crippen molar-refractivity contribution < 1.29 is 9.90 Å². The molecule has 19 heavy (non-hydrogen) atoms. The number of hydrogen-bond acceptors (Lipinski definition) is 5. The topological polar surface area (TPSA) is 76.4 Å². The molecule has 6 heteroatoms. The van der Waals surface area contributed by atoms with Crippen LogP contribution in [0.3, 0.4) is 0 Å². The molecule has 1 fully saturated rings. The van der Waals surface area contributed by atoms with E-state index in [1.807, 2.05) is 11.0 Å². The van der Waals surface area contributed by atoms with Crippen molar-refractivity contribution in [2.75, 3.05) is 25.0 Å². The van der Waals surface area contributed by atoms with Gasteiger partial charge >= 0.3 is 0 Å². The highest BCUT2D eigenvalue weighted by molar-refractivity contribution is 7.14. The van der Waals surface area contributed by atoms with Crippen LogP contribution in [0, 0.1) is 11.3 Å². The quantitative estimate of drug-likeness (QED) is 0.873. The lowest BCUT2D eigenvalue weighted by Crippen LogP contribution is -2.45. The molecule has 1 unspecified atom stereocenters. The highest BCUT2D eigenvalue weighted by Crippen LogP contribution is 2.22. The molecule has 1 aliphatic rings. The van der Waals surface area contributed by atoms with Gasteiger partial charge in [-0.15, -0.1) is 11.3 Å². The summed E-state index contributed by atoms with van der Waals surface area (Å²) >= 11 is 1.35. The number of anilines is 1. The number of amides is 1. The molecule has 1 amide bonds. The maximum atomic E-state index is 12.0. The number of carbonyl (C=O) groups excluding carboxylic acids is 1. The van der Waals surface area contributed by atoms with Gasteiger partial charge in [-0.25, -0.2) is 0 Å². The average molecular weight is 279 g/mol. The molecular formula is C13H17N3O2S. The molecule has 0 radical (unpaired) electrons. The lowest BCUT2D eigenvalue weighted by molar-refractivity contribution is -0.118. The number of carbonyl (C=O) groups is 1. The molecule has 0 spiro atoms. The minimum atomic E-state index is -0.126. The molecule has 102 valence electrons. The third kappa shape index (κ3) is 3.53. The molecule has 1 saturated heterocycles. The van der Waals surface area contributed by atoms with Crippen molar-refractivity contribution in [1.82, 2.24) is 4.90 Å². The Bertz CT molecular complexity index is 480. The lowest BCUT2D eigenvalue weighted by atomic mass is 10.0. The van der Waals surface area contributed by atoms with Gasteiger partial charge in [0.15, 0.2) is 0 Å². The zero-order chi connectivity index (χ0) is 13.7. The molecule has 0 saturated carbocycles. The summed E-state index contributed by atoms with van der Waals surface area (Å²) in [5.41, 5.74) is 0.496. The maximum absolute atomic E-state index is 12.0. The zero-order valence-corrected chi connectivity index (χ0v) is 11.4. The summed E-state index contributed by atoms with van der Waals surface area (Å²) in [4.78, 5) is 14.0. The molecule has 1 aromatic rings. The number of thiophene rings is 1. The molecular weight excluding hydrogens is 262 g/mol. The van der Waals surface area contributed by atoms with E-state index in [1.54, 1.807) is 11.4 Å². The lowest BCUT2D eigenvalue weighted by Gasteiger charge is -2.33. The van der Waals surface area contributed by atoms with E-state index in [9.17, 15) is 9.90 Å². The van der Waals surface area contributed by atoms with Crippen LogP contribution in [-0.4, -0.2) is 41.7 Å². The Balaban J connectivity index is 1.92. The van der Waals surface area contributed by atoms with Crippen LogP contribution >= 0.6 is 11.3 Å². The number of nitrogens with one attached hydrogen (secondary N) is 1. The van der Waals surface area contributed by atoms with E-state index in [-0.39, 0.29) is 25.1 Å². The number of nitrogens with zero attached hydrogens (tertiary/aromatic N) is 2. The smallest absolute Gasteiger partial charge is 0.239 e. The molecule has 2 heterocycles. The number of nitriles is 1. The fraction of sp³-hybridized carbons (Fsp3) is 0.538. The Hall–Kier alpha value is -1.42. The van der Waals surface area contributed by atoms with Crippen LogP contribution in [0.1, 0.15) is 24.8 Å². The van der Waals surface area contributed by atoms with Gasteiger partial charge < -0.3 is 10.4 Å². The van der Waals surface area contributed by atoms with Gasteiger partial charge in [0, 0.05) is 6.04 Å². The Labute approximate surface area is 116 Å². The molecule has 1 atom stereocenters. The Morgan fingerprint density at radius 3 is 3.21 bits per heavy atom. The summed E-state index contributed by atoms with van der Waals surface area (Å²) in [7, 11) is 0. The van der Waals surface area contributed by atoms with Gasteiger partial charge in [-0.05, 0) is 30.8 Å². The number of hydrogen-bond donors (Lipinski definition) is 2. The van der Waals surface area contributed by atoms with Crippen molar-refractivity contribution in [3.8, 4) is 6.07 Å². The van der Waals surface area contributed by atoms with Crippen molar-refractivity contribution in [1.29, 1.82) is 5.26 Å². The van der Waals surface area contributed by atoms with Crippen LogP contribution in [0.15, 0.2) is 11.4 Å². The van der Waals surface area contributed by atoms with Crippen LogP contribution in [0.4, 0.5) is 5.00 Å². The van der Waals surface area contributed by atoms with Crippen molar-refractivity contribution in [3.05, 3.63) is 17.0 Å². The first-order chi connectivity index (χ1) is 9.24. The van der Waals surface area contributed by atoms with Gasteiger partial charge in [0.2, 0.25) is 5.91 Å². The van der Waals surface area contributed by atoms with E-state index < -0.39 is 0 Å². The standard InChI is InChI=1S/C13H17N3O2S/c14-7-10-4-6-19-13(10)15-12(18)8-16-5-2-1-3-11(16)9-17/h4,6,11,17H,1-3,5,8-9H2,(H,15,18). The van der Waals surface area contributed by atoms with Crippen molar-refractivity contribution >= 4 is 22.2 Å². The minimum absolute atomic E-state index is 0.0817. The Kier molecular flexibility index (Phi) is 4.91. The van der Waals surface area contributed by atoms with E-state index in [1.165, 1.54) is 11.3 Å². The van der Waals surface area contributed by atoms with Gasteiger partial charge in [0.05, 0.1) is 18.7 Å². The van der Waals surface area contributed by atoms with Crippen LogP contribution in [-0.2, 0) is 4.79 Å². The van der Waals surface area contributed by atoms with E-state index in [0.717, 1.165) is 25.8 Å². The largest absolute Gasteiger partial charge is 0.395 e. The molecule has 5 nitrogen and oxygen atoms in total.